The second-order valence-electron chi connectivity index (χ2n) is 4.33. The van der Waals surface area contributed by atoms with Crippen LogP contribution in [0, 0.1) is 10.1 Å². The van der Waals surface area contributed by atoms with E-state index in [1.165, 1.54) is 6.07 Å². The summed E-state index contributed by atoms with van der Waals surface area (Å²) < 4.78 is 0. The number of likely N-dealkylation sites (tertiary alicyclic amines) is 1. The number of nitro benzene ring substituents is 1. The van der Waals surface area contributed by atoms with E-state index in [1.807, 2.05) is 6.07 Å². The molecular formula is C11H15Cl2N3O2. The van der Waals surface area contributed by atoms with Crippen molar-refractivity contribution in [3.63, 3.8) is 0 Å². The molecule has 1 fully saturated rings. The first-order valence-electron chi connectivity index (χ1n) is 5.47. The molecule has 0 unspecified atom stereocenters. The molecule has 7 heteroatoms. The number of benzene rings is 1. The van der Waals surface area contributed by atoms with Crippen LogP contribution in [0.1, 0.15) is 12.0 Å². The van der Waals surface area contributed by atoms with Gasteiger partial charge in [0.25, 0.3) is 5.69 Å². The molecule has 100 valence electrons. The lowest BCUT2D eigenvalue weighted by Crippen LogP contribution is -2.26. The van der Waals surface area contributed by atoms with E-state index in [4.69, 9.17) is 17.3 Å². The highest BCUT2D eigenvalue weighted by atomic mass is 35.5. The smallest absolute Gasteiger partial charge is 0.288 e. The zero-order valence-electron chi connectivity index (χ0n) is 9.71. The maximum Gasteiger partial charge on any atom is 0.288 e. The summed E-state index contributed by atoms with van der Waals surface area (Å²) in [5.41, 5.74) is 6.67. The number of rotatable bonds is 3. The minimum absolute atomic E-state index is 0. The molecule has 2 N–H and O–H groups in total. The third-order valence-corrected chi connectivity index (χ3v) is 3.24. The lowest BCUT2D eigenvalue weighted by Gasteiger charge is -2.14. The third-order valence-electron chi connectivity index (χ3n) is 2.92. The molecule has 1 aliphatic heterocycles. The highest BCUT2D eigenvalue weighted by Gasteiger charge is 2.20. The van der Waals surface area contributed by atoms with Crippen molar-refractivity contribution in [3.8, 4) is 0 Å². The van der Waals surface area contributed by atoms with Crippen LogP contribution in [0.25, 0.3) is 0 Å². The van der Waals surface area contributed by atoms with Gasteiger partial charge in [-0.15, -0.1) is 12.4 Å². The molecule has 2 rings (SSSR count). The molecule has 18 heavy (non-hydrogen) atoms. The molecule has 0 aliphatic carbocycles. The normalized spacial score (nSPS) is 19.6. The van der Waals surface area contributed by atoms with Crippen LogP contribution in [0.3, 0.4) is 0 Å². The Bertz CT molecular complexity index is 442. The Morgan fingerprint density at radius 2 is 2.28 bits per heavy atom. The fraction of sp³-hybridized carbons (Fsp3) is 0.455. The van der Waals surface area contributed by atoms with Gasteiger partial charge in [0.1, 0.15) is 5.02 Å². The van der Waals surface area contributed by atoms with Crippen LogP contribution in [0.2, 0.25) is 5.02 Å². The number of nitrogens with two attached hydrogens (primary N) is 1. The average Bonchev–Trinajstić information content (AvgIpc) is 2.66. The van der Waals surface area contributed by atoms with E-state index in [-0.39, 0.29) is 29.2 Å². The molecule has 0 spiro atoms. The van der Waals surface area contributed by atoms with Crippen molar-refractivity contribution >= 4 is 29.7 Å². The Balaban J connectivity index is 0.00000162. The van der Waals surface area contributed by atoms with Gasteiger partial charge in [0.05, 0.1) is 4.92 Å². The Morgan fingerprint density at radius 3 is 2.83 bits per heavy atom. The standard InChI is InChI=1S/C11H14ClN3O2.ClH/c12-10-2-1-8(5-11(10)15(16)17)6-14-4-3-9(13)7-14;/h1-2,5,9H,3-4,6-7,13H2;1H/t9-;/m0./s1. The van der Waals surface area contributed by atoms with Crippen molar-refractivity contribution in [2.24, 2.45) is 5.73 Å². The van der Waals surface area contributed by atoms with Crippen LogP contribution in [-0.2, 0) is 6.54 Å². The van der Waals surface area contributed by atoms with E-state index in [2.05, 4.69) is 4.90 Å². The number of hydrogen-bond donors (Lipinski definition) is 1. The average molecular weight is 292 g/mol. The Labute approximate surface area is 116 Å². The predicted molar refractivity (Wildman–Crippen MR) is 73.2 cm³/mol. The van der Waals surface area contributed by atoms with Crippen molar-refractivity contribution in [1.29, 1.82) is 0 Å². The summed E-state index contributed by atoms with van der Waals surface area (Å²) in [6.45, 7) is 2.47. The van der Waals surface area contributed by atoms with Crippen LogP contribution in [0.15, 0.2) is 18.2 Å². The lowest BCUT2D eigenvalue weighted by atomic mass is 10.2. The third kappa shape index (κ3) is 3.55. The first-order chi connectivity index (χ1) is 8.06. The van der Waals surface area contributed by atoms with Crippen LogP contribution >= 0.6 is 24.0 Å². The van der Waals surface area contributed by atoms with Crippen molar-refractivity contribution < 1.29 is 4.92 Å². The van der Waals surface area contributed by atoms with E-state index in [1.54, 1.807) is 6.07 Å². The molecule has 0 saturated carbocycles. The van der Waals surface area contributed by atoms with Gasteiger partial charge >= 0.3 is 0 Å². The highest BCUT2D eigenvalue weighted by Crippen LogP contribution is 2.26. The van der Waals surface area contributed by atoms with Crippen molar-refractivity contribution in [2.75, 3.05) is 13.1 Å². The minimum atomic E-state index is -0.457. The van der Waals surface area contributed by atoms with Crippen molar-refractivity contribution in [3.05, 3.63) is 38.9 Å². The Hall–Kier alpha value is -0.880. The zero-order chi connectivity index (χ0) is 12.4. The fourth-order valence-corrected chi connectivity index (χ4v) is 2.25. The van der Waals surface area contributed by atoms with Gasteiger partial charge in [0, 0.05) is 31.7 Å². The summed E-state index contributed by atoms with van der Waals surface area (Å²) in [5, 5.41) is 10.9. The highest BCUT2D eigenvalue weighted by molar-refractivity contribution is 6.32. The van der Waals surface area contributed by atoms with Crippen LogP contribution < -0.4 is 5.73 Å². The van der Waals surface area contributed by atoms with Crippen molar-refractivity contribution in [2.45, 2.75) is 19.0 Å². The second kappa shape index (κ2) is 6.33. The Kier molecular flexibility index (Phi) is 5.34. The number of nitrogens with zero attached hydrogens (tertiary/aromatic N) is 2. The molecule has 0 aromatic heterocycles. The molecule has 1 saturated heterocycles. The summed E-state index contributed by atoms with van der Waals surface area (Å²) in [7, 11) is 0. The first-order valence-corrected chi connectivity index (χ1v) is 5.85. The molecule has 0 radical (unpaired) electrons. The van der Waals surface area contributed by atoms with Gasteiger partial charge in [-0.2, -0.15) is 0 Å². The summed E-state index contributed by atoms with van der Waals surface area (Å²) in [5.74, 6) is 0. The van der Waals surface area contributed by atoms with E-state index >= 15 is 0 Å². The van der Waals surface area contributed by atoms with Crippen molar-refractivity contribution in [1.82, 2.24) is 4.90 Å². The van der Waals surface area contributed by atoms with Gasteiger partial charge in [0.2, 0.25) is 0 Å². The lowest BCUT2D eigenvalue weighted by molar-refractivity contribution is -0.384. The summed E-state index contributed by atoms with van der Waals surface area (Å²) in [6, 6.07) is 5.15. The van der Waals surface area contributed by atoms with Crippen LogP contribution in [0.5, 0.6) is 0 Å². The van der Waals surface area contributed by atoms with Crippen LogP contribution in [0.4, 0.5) is 5.69 Å². The molecule has 1 aliphatic rings. The predicted octanol–water partition coefficient (Wildman–Crippen LogP) is 2.20. The van der Waals surface area contributed by atoms with E-state index in [9.17, 15) is 10.1 Å². The molecule has 1 aromatic carbocycles. The summed E-state index contributed by atoms with van der Waals surface area (Å²) in [6.07, 6.45) is 0.982. The monoisotopic (exact) mass is 291 g/mol. The maximum absolute atomic E-state index is 10.8. The second-order valence-corrected chi connectivity index (χ2v) is 4.73. The molecule has 1 heterocycles. The van der Waals surface area contributed by atoms with E-state index in [0.717, 1.165) is 25.1 Å². The van der Waals surface area contributed by atoms with Gasteiger partial charge in [-0.05, 0) is 18.1 Å². The van der Waals surface area contributed by atoms with Gasteiger partial charge in [0.15, 0.2) is 0 Å². The first kappa shape index (κ1) is 15.2. The quantitative estimate of drug-likeness (QED) is 0.684. The van der Waals surface area contributed by atoms with Gasteiger partial charge < -0.3 is 5.73 Å². The molecule has 1 aromatic rings. The topological polar surface area (TPSA) is 72.4 Å². The molecule has 1 atom stereocenters. The number of hydrogen-bond acceptors (Lipinski definition) is 4. The van der Waals surface area contributed by atoms with Gasteiger partial charge in [-0.1, -0.05) is 17.7 Å². The largest absolute Gasteiger partial charge is 0.326 e. The molecular weight excluding hydrogens is 277 g/mol. The minimum Gasteiger partial charge on any atom is -0.326 e. The summed E-state index contributed by atoms with van der Waals surface area (Å²) in [4.78, 5) is 12.5. The molecule has 0 bridgehead atoms. The Morgan fingerprint density at radius 1 is 1.56 bits per heavy atom. The summed E-state index contributed by atoms with van der Waals surface area (Å²) >= 11 is 5.76. The number of halogens is 2. The fourth-order valence-electron chi connectivity index (χ4n) is 2.06. The maximum atomic E-state index is 10.8. The SMILES string of the molecule is Cl.N[C@H]1CCN(Cc2ccc(Cl)c([N+](=O)[O-])c2)C1. The van der Waals surface area contributed by atoms with Crippen LogP contribution in [-0.4, -0.2) is 29.0 Å². The number of nitro groups is 1. The van der Waals surface area contributed by atoms with E-state index < -0.39 is 4.92 Å². The van der Waals surface area contributed by atoms with E-state index in [0.29, 0.717) is 6.54 Å². The molecule has 5 nitrogen and oxygen atoms in total. The van der Waals surface area contributed by atoms with Gasteiger partial charge in [-0.3, -0.25) is 15.0 Å². The van der Waals surface area contributed by atoms with Gasteiger partial charge in [-0.25, -0.2) is 0 Å². The zero-order valence-corrected chi connectivity index (χ0v) is 11.3. The molecule has 0 amide bonds.